The van der Waals surface area contributed by atoms with Crippen LogP contribution in [0.2, 0.25) is 0 Å². The van der Waals surface area contributed by atoms with E-state index in [1.165, 1.54) is 25.7 Å². The summed E-state index contributed by atoms with van der Waals surface area (Å²) in [4.78, 5) is 0. The van der Waals surface area contributed by atoms with E-state index >= 15 is 0 Å². The zero-order valence-electron chi connectivity index (χ0n) is 8.56. The Morgan fingerprint density at radius 2 is 2.08 bits per heavy atom. The molecule has 1 rings (SSSR count). The van der Waals surface area contributed by atoms with Crippen molar-refractivity contribution in [3.05, 3.63) is 23.8 Å². The summed E-state index contributed by atoms with van der Waals surface area (Å²) in [5, 5.41) is 0. The Balaban J connectivity index is 2.72. The molecule has 0 aromatic heterocycles. The predicted molar refractivity (Wildman–Crippen MR) is 55.1 cm³/mol. The summed E-state index contributed by atoms with van der Waals surface area (Å²) in [5.41, 5.74) is 1.93. The average molecular weight is 164 g/mol. The second kappa shape index (κ2) is 3.93. The van der Waals surface area contributed by atoms with Crippen molar-refractivity contribution in [1.82, 2.24) is 0 Å². The Labute approximate surface area is 76.4 Å². The van der Waals surface area contributed by atoms with Crippen LogP contribution in [0, 0.1) is 5.41 Å². The molecule has 0 heterocycles. The molecule has 0 fully saturated rings. The van der Waals surface area contributed by atoms with Gasteiger partial charge in [-0.15, -0.1) is 0 Å². The quantitative estimate of drug-likeness (QED) is 0.539. The molecule has 1 aliphatic carbocycles. The first-order valence-corrected chi connectivity index (χ1v) is 5.00. The van der Waals surface area contributed by atoms with Crippen molar-refractivity contribution in [2.24, 2.45) is 5.41 Å². The van der Waals surface area contributed by atoms with Crippen molar-refractivity contribution in [3.8, 4) is 0 Å². The van der Waals surface area contributed by atoms with Crippen LogP contribution in [0.3, 0.4) is 0 Å². The fourth-order valence-corrected chi connectivity index (χ4v) is 1.95. The zero-order chi connectivity index (χ0) is 9.03. The fraction of sp³-hybridized carbons (Fsp3) is 0.667. The van der Waals surface area contributed by atoms with Crippen LogP contribution in [0.1, 0.15) is 46.5 Å². The highest BCUT2D eigenvalue weighted by atomic mass is 14.2. The molecule has 0 aliphatic heterocycles. The summed E-state index contributed by atoms with van der Waals surface area (Å²) in [7, 11) is 0. The molecule has 0 aromatic carbocycles. The first-order valence-electron chi connectivity index (χ1n) is 5.00. The molecular weight excluding hydrogens is 144 g/mol. The van der Waals surface area contributed by atoms with Gasteiger partial charge in [0.2, 0.25) is 0 Å². The lowest BCUT2D eigenvalue weighted by Crippen LogP contribution is -2.13. The molecule has 0 unspecified atom stereocenters. The number of allylic oxidation sites excluding steroid dienone is 4. The zero-order valence-corrected chi connectivity index (χ0v) is 8.56. The number of hydrogen-bond donors (Lipinski definition) is 0. The molecular formula is C12H20. The van der Waals surface area contributed by atoms with Crippen LogP contribution in [0.5, 0.6) is 0 Å². The van der Waals surface area contributed by atoms with E-state index in [1.807, 2.05) is 0 Å². The van der Waals surface area contributed by atoms with Crippen molar-refractivity contribution < 1.29 is 0 Å². The molecule has 68 valence electrons. The summed E-state index contributed by atoms with van der Waals surface area (Å²) >= 11 is 0. The lowest BCUT2D eigenvalue weighted by atomic mass is 9.78. The van der Waals surface area contributed by atoms with E-state index in [9.17, 15) is 0 Å². The largest absolute Gasteiger partial charge is 0.0908 e. The van der Waals surface area contributed by atoms with Gasteiger partial charge < -0.3 is 0 Å². The van der Waals surface area contributed by atoms with Crippen LogP contribution in [-0.2, 0) is 0 Å². The molecule has 0 radical (unpaired) electrons. The molecule has 0 nitrogen and oxygen atoms in total. The normalized spacial score (nSPS) is 19.8. The maximum Gasteiger partial charge on any atom is 0.00341 e. The third-order valence-electron chi connectivity index (χ3n) is 2.70. The second-order valence-electron chi connectivity index (χ2n) is 4.20. The Hall–Kier alpha value is -0.520. The van der Waals surface area contributed by atoms with E-state index in [0.29, 0.717) is 5.41 Å². The minimum absolute atomic E-state index is 0.301. The maximum atomic E-state index is 2.43. The van der Waals surface area contributed by atoms with E-state index in [4.69, 9.17) is 0 Å². The Bertz CT molecular complexity index is 194. The summed E-state index contributed by atoms with van der Waals surface area (Å²) in [6.07, 6.45) is 12.3. The monoisotopic (exact) mass is 164 g/mol. The molecule has 1 aliphatic rings. The third-order valence-corrected chi connectivity index (χ3v) is 2.70. The minimum Gasteiger partial charge on any atom is -0.0908 e. The number of hydrogen-bond acceptors (Lipinski definition) is 0. The van der Waals surface area contributed by atoms with Gasteiger partial charge >= 0.3 is 0 Å². The lowest BCUT2D eigenvalue weighted by Gasteiger charge is -2.27. The smallest absolute Gasteiger partial charge is 0.00341 e. The molecule has 0 heteroatoms. The van der Waals surface area contributed by atoms with E-state index < -0.39 is 0 Å². The molecule has 12 heavy (non-hydrogen) atoms. The van der Waals surface area contributed by atoms with E-state index in [1.54, 1.807) is 5.57 Å². The highest BCUT2D eigenvalue weighted by molar-refractivity contribution is 5.20. The van der Waals surface area contributed by atoms with Crippen LogP contribution in [-0.4, -0.2) is 0 Å². The van der Waals surface area contributed by atoms with Gasteiger partial charge in [-0.05, 0) is 32.6 Å². The van der Waals surface area contributed by atoms with Crippen LogP contribution in [0.4, 0.5) is 0 Å². The average Bonchev–Trinajstić information content (AvgIpc) is 2.06. The molecule has 0 saturated carbocycles. The first-order chi connectivity index (χ1) is 5.67. The van der Waals surface area contributed by atoms with Gasteiger partial charge in [0, 0.05) is 5.41 Å². The maximum absolute atomic E-state index is 2.43. The third kappa shape index (κ3) is 2.23. The van der Waals surface area contributed by atoms with E-state index in [0.717, 1.165) is 0 Å². The van der Waals surface area contributed by atoms with Gasteiger partial charge in [-0.3, -0.25) is 0 Å². The van der Waals surface area contributed by atoms with Crippen LogP contribution in [0.25, 0.3) is 0 Å². The molecule has 0 N–H and O–H groups in total. The highest BCUT2D eigenvalue weighted by Crippen LogP contribution is 2.34. The van der Waals surface area contributed by atoms with Gasteiger partial charge in [0.1, 0.15) is 0 Å². The summed E-state index contributed by atoms with van der Waals surface area (Å²) in [6, 6.07) is 0. The summed E-state index contributed by atoms with van der Waals surface area (Å²) in [5.74, 6) is 0. The summed E-state index contributed by atoms with van der Waals surface area (Å²) in [6.45, 7) is 6.72. The number of rotatable bonds is 2. The lowest BCUT2D eigenvalue weighted by molar-refractivity contribution is 0.516. The van der Waals surface area contributed by atoms with Gasteiger partial charge in [0.25, 0.3) is 0 Å². The van der Waals surface area contributed by atoms with Gasteiger partial charge in [0.05, 0.1) is 0 Å². The van der Waals surface area contributed by atoms with Gasteiger partial charge in [0.15, 0.2) is 0 Å². The SMILES string of the molecule is CC=CC(C)(C)C1=CCCCC1. The van der Waals surface area contributed by atoms with Crippen molar-refractivity contribution in [2.75, 3.05) is 0 Å². The van der Waals surface area contributed by atoms with Gasteiger partial charge in [-0.2, -0.15) is 0 Å². The summed E-state index contributed by atoms with van der Waals surface area (Å²) < 4.78 is 0. The molecule has 0 spiro atoms. The molecule has 0 atom stereocenters. The van der Waals surface area contributed by atoms with Crippen molar-refractivity contribution in [1.29, 1.82) is 0 Å². The minimum atomic E-state index is 0.301. The van der Waals surface area contributed by atoms with E-state index in [-0.39, 0.29) is 0 Å². The topological polar surface area (TPSA) is 0 Å². The Kier molecular flexibility index (Phi) is 3.13. The van der Waals surface area contributed by atoms with Crippen molar-refractivity contribution in [2.45, 2.75) is 46.5 Å². The van der Waals surface area contributed by atoms with Crippen LogP contribution >= 0.6 is 0 Å². The van der Waals surface area contributed by atoms with Crippen molar-refractivity contribution >= 4 is 0 Å². The Morgan fingerprint density at radius 3 is 2.58 bits per heavy atom. The first kappa shape index (κ1) is 9.57. The highest BCUT2D eigenvalue weighted by Gasteiger charge is 2.20. The van der Waals surface area contributed by atoms with Crippen LogP contribution < -0.4 is 0 Å². The molecule has 0 saturated heterocycles. The Morgan fingerprint density at radius 1 is 1.33 bits per heavy atom. The standard InChI is InChI=1S/C12H20/c1-4-10-12(2,3)11-8-6-5-7-9-11/h4,8,10H,5-7,9H2,1-3H3. The second-order valence-corrected chi connectivity index (χ2v) is 4.20. The fourth-order valence-electron chi connectivity index (χ4n) is 1.95. The predicted octanol–water partition coefficient (Wildman–Crippen LogP) is 4.09. The molecule has 0 amide bonds. The van der Waals surface area contributed by atoms with E-state index in [2.05, 4.69) is 39.0 Å². The molecule has 0 aromatic rings. The van der Waals surface area contributed by atoms with Gasteiger partial charge in [-0.25, -0.2) is 0 Å². The molecule has 0 bridgehead atoms. The van der Waals surface area contributed by atoms with Crippen LogP contribution in [0.15, 0.2) is 23.8 Å². The van der Waals surface area contributed by atoms with Gasteiger partial charge in [-0.1, -0.05) is 37.6 Å². The van der Waals surface area contributed by atoms with Crippen molar-refractivity contribution in [3.63, 3.8) is 0 Å².